The second-order valence-corrected chi connectivity index (χ2v) is 6.86. The minimum Gasteiger partial charge on any atom is -0.329 e. The number of rotatable bonds is 5. The Morgan fingerprint density at radius 3 is 2.70 bits per heavy atom. The molecular formula is C20H27N3. The van der Waals surface area contributed by atoms with Crippen LogP contribution in [0.25, 0.3) is 0 Å². The fourth-order valence-electron chi connectivity index (χ4n) is 3.59. The van der Waals surface area contributed by atoms with E-state index < -0.39 is 0 Å². The monoisotopic (exact) mass is 309 g/mol. The van der Waals surface area contributed by atoms with Crippen LogP contribution >= 0.6 is 0 Å². The average molecular weight is 309 g/mol. The van der Waals surface area contributed by atoms with Crippen molar-refractivity contribution in [2.75, 3.05) is 25.0 Å². The van der Waals surface area contributed by atoms with Crippen molar-refractivity contribution in [2.45, 2.75) is 32.7 Å². The van der Waals surface area contributed by atoms with Crippen LogP contribution in [0.15, 0.2) is 48.7 Å². The second kappa shape index (κ2) is 7.14. The number of para-hydroxylation sites is 1. The minimum absolute atomic E-state index is 0.493. The molecule has 1 fully saturated rings. The molecule has 0 spiro atoms. The number of hydrogen-bond donors (Lipinski definition) is 0. The lowest BCUT2D eigenvalue weighted by Gasteiger charge is -2.30. The lowest BCUT2D eigenvalue weighted by molar-refractivity contribution is 0.229. The van der Waals surface area contributed by atoms with Gasteiger partial charge in [-0.15, -0.1) is 0 Å². The third-order valence-electron chi connectivity index (χ3n) is 4.60. The van der Waals surface area contributed by atoms with E-state index in [2.05, 4.69) is 73.2 Å². The second-order valence-electron chi connectivity index (χ2n) is 6.86. The maximum Gasteiger partial charge on any atom is 0.137 e. The van der Waals surface area contributed by atoms with Crippen molar-refractivity contribution < 1.29 is 0 Å². The highest BCUT2D eigenvalue weighted by molar-refractivity contribution is 5.62. The van der Waals surface area contributed by atoms with Gasteiger partial charge in [-0.25, -0.2) is 4.98 Å². The molecule has 122 valence electrons. The SMILES string of the molecule is CC(C)CN1CCC[C@H]1c1cccnc1N(C)c1ccccc1. The Labute approximate surface area is 140 Å². The molecule has 3 rings (SSSR count). The Hall–Kier alpha value is -1.87. The zero-order valence-corrected chi connectivity index (χ0v) is 14.4. The molecule has 1 aromatic heterocycles. The molecule has 23 heavy (non-hydrogen) atoms. The van der Waals surface area contributed by atoms with Crippen LogP contribution in [0.3, 0.4) is 0 Å². The van der Waals surface area contributed by atoms with Crippen molar-refractivity contribution >= 4 is 11.5 Å². The minimum atomic E-state index is 0.493. The first kappa shape index (κ1) is 16.0. The molecule has 0 unspecified atom stereocenters. The van der Waals surface area contributed by atoms with Gasteiger partial charge in [-0.3, -0.25) is 4.90 Å². The van der Waals surface area contributed by atoms with E-state index in [1.807, 2.05) is 6.20 Å². The Bertz CT molecular complexity index is 624. The number of benzene rings is 1. The highest BCUT2D eigenvalue weighted by Gasteiger charge is 2.29. The molecule has 0 radical (unpaired) electrons. The molecule has 1 atom stereocenters. The van der Waals surface area contributed by atoms with E-state index >= 15 is 0 Å². The predicted molar refractivity (Wildman–Crippen MR) is 97.1 cm³/mol. The van der Waals surface area contributed by atoms with E-state index in [-0.39, 0.29) is 0 Å². The number of pyridine rings is 1. The zero-order chi connectivity index (χ0) is 16.2. The fraction of sp³-hybridized carbons (Fsp3) is 0.450. The molecule has 0 saturated carbocycles. The molecule has 1 saturated heterocycles. The van der Waals surface area contributed by atoms with E-state index in [9.17, 15) is 0 Å². The number of likely N-dealkylation sites (tertiary alicyclic amines) is 1. The van der Waals surface area contributed by atoms with Crippen molar-refractivity contribution in [1.82, 2.24) is 9.88 Å². The van der Waals surface area contributed by atoms with Crippen LogP contribution in [-0.4, -0.2) is 30.0 Å². The third-order valence-corrected chi connectivity index (χ3v) is 4.60. The quantitative estimate of drug-likeness (QED) is 0.802. The van der Waals surface area contributed by atoms with Gasteiger partial charge in [0.1, 0.15) is 5.82 Å². The first-order valence-electron chi connectivity index (χ1n) is 8.64. The first-order valence-corrected chi connectivity index (χ1v) is 8.64. The Morgan fingerprint density at radius 2 is 1.96 bits per heavy atom. The molecule has 0 N–H and O–H groups in total. The molecule has 2 heterocycles. The summed E-state index contributed by atoms with van der Waals surface area (Å²) >= 11 is 0. The van der Waals surface area contributed by atoms with Crippen molar-refractivity contribution in [3.63, 3.8) is 0 Å². The summed E-state index contributed by atoms with van der Waals surface area (Å²) in [5, 5.41) is 0. The van der Waals surface area contributed by atoms with Crippen molar-refractivity contribution in [3.05, 3.63) is 54.2 Å². The smallest absolute Gasteiger partial charge is 0.137 e. The van der Waals surface area contributed by atoms with Crippen molar-refractivity contribution in [2.24, 2.45) is 5.92 Å². The summed E-state index contributed by atoms with van der Waals surface area (Å²) in [6.45, 7) is 6.96. The van der Waals surface area contributed by atoms with Gasteiger partial charge in [-0.2, -0.15) is 0 Å². The van der Waals surface area contributed by atoms with E-state index in [0.29, 0.717) is 12.0 Å². The van der Waals surface area contributed by atoms with Gasteiger partial charge < -0.3 is 4.90 Å². The van der Waals surface area contributed by atoms with E-state index in [0.717, 1.165) is 12.4 Å². The van der Waals surface area contributed by atoms with Gasteiger partial charge in [0, 0.05) is 37.1 Å². The van der Waals surface area contributed by atoms with E-state index in [4.69, 9.17) is 4.98 Å². The number of aromatic nitrogens is 1. The van der Waals surface area contributed by atoms with Gasteiger partial charge >= 0.3 is 0 Å². The van der Waals surface area contributed by atoms with Crippen LogP contribution in [0, 0.1) is 5.92 Å². The summed E-state index contributed by atoms with van der Waals surface area (Å²) < 4.78 is 0. The van der Waals surface area contributed by atoms with Crippen LogP contribution in [0.1, 0.15) is 38.3 Å². The predicted octanol–water partition coefficient (Wildman–Crippen LogP) is 4.64. The van der Waals surface area contributed by atoms with Gasteiger partial charge in [0.05, 0.1) is 0 Å². The summed E-state index contributed by atoms with van der Waals surface area (Å²) in [5.74, 6) is 1.78. The molecule has 0 bridgehead atoms. The molecule has 0 amide bonds. The largest absolute Gasteiger partial charge is 0.329 e. The molecular weight excluding hydrogens is 282 g/mol. The maximum atomic E-state index is 4.71. The maximum absolute atomic E-state index is 4.71. The van der Waals surface area contributed by atoms with Crippen LogP contribution in [0.2, 0.25) is 0 Å². The summed E-state index contributed by atoms with van der Waals surface area (Å²) in [6, 6.07) is 15.3. The lowest BCUT2D eigenvalue weighted by Crippen LogP contribution is -2.28. The average Bonchev–Trinajstić information content (AvgIpc) is 3.02. The summed E-state index contributed by atoms with van der Waals surface area (Å²) in [7, 11) is 2.11. The third kappa shape index (κ3) is 3.56. The van der Waals surface area contributed by atoms with Gasteiger partial charge in [-0.05, 0) is 43.5 Å². The molecule has 1 aromatic carbocycles. The van der Waals surface area contributed by atoms with Gasteiger partial charge in [0.25, 0.3) is 0 Å². The molecule has 2 aromatic rings. The Balaban J connectivity index is 1.91. The summed E-state index contributed by atoms with van der Waals surface area (Å²) in [4.78, 5) is 9.55. The standard InChI is InChI=1S/C20H27N3/c1-16(2)15-23-14-8-12-19(23)18-11-7-13-21-20(18)22(3)17-9-5-4-6-10-17/h4-7,9-11,13,16,19H,8,12,14-15H2,1-3H3/t19-/m0/s1. The van der Waals surface area contributed by atoms with Gasteiger partial charge in [0.2, 0.25) is 0 Å². The van der Waals surface area contributed by atoms with Crippen molar-refractivity contribution in [1.29, 1.82) is 0 Å². The summed E-state index contributed by atoms with van der Waals surface area (Å²) in [6.07, 6.45) is 4.41. The highest BCUT2D eigenvalue weighted by Crippen LogP contribution is 2.37. The number of anilines is 2. The van der Waals surface area contributed by atoms with Crippen LogP contribution in [0.4, 0.5) is 11.5 Å². The molecule has 1 aliphatic heterocycles. The number of hydrogen-bond acceptors (Lipinski definition) is 3. The van der Waals surface area contributed by atoms with E-state index in [1.54, 1.807) is 0 Å². The van der Waals surface area contributed by atoms with Crippen LogP contribution < -0.4 is 4.90 Å². The molecule has 3 nitrogen and oxygen atoms in total. The van der Waals surface area contributed by atoms with E-state index in [1.165, 1.54) is 30.6 Å². The van der Waals surface area contributed by atoms with Gasteiger partial charge in [-0.1, -0.05) is 38.1 Å². The zero-order valence-electron chi connectivity index (χ0n) is 14.4. The fourth-order valence-corrected chi connectivity index (χ4v) is 3.59. The van der Waals surface area contributed by atoms with Crippen LogP contribution in [0.5, 0.6) is 0 Å². The van der Waals surface area contributed by atoms with Gasteiger partial charge in [0.15, 0.2) is 0 Å². The van der Waals surface area contributed by atoms with Crippen LogP contribution in [-0.2, 0) is 0 Å². The van der Waals surface area contributed by atoms with Crippen molar-refractivity contribution in [3.8, 4) is 0 Å². The Kier molecular flexibility index (Phi) is 4.97. The summed E-state index contributed by atoms with van der Waals surface area (Å²) in [5.41, 5.74) is 2.54. The highest BCUT2D eigenvalue weighted by atomic mass is 15.2. The first-order chi connectivity index (χ1) is 11.2. The number of nitrogens with zero attached hydrogens (tertiary/aromatic N) is 3. The normalized spacial score (nSPS) is 18.5. The molecule has 3 heteroatoms. The Morgan fingerprint density at radius 1 is 1.17 bits per heavy atom. The topological polar surface area (TPSA) is 19.4 Å². The molecule has 1 aliphatic rings. The molecule has 0 aliphatic carbocycles. The lowest BCUT2D eigenvalue weighted by atomic mass is 10.0.